The van der Waals surface area contributed by atoms with Crippen LogP contribution >= 0.6 is 0 Å². The second-order valence-corrected chi connectivity index (χ2v) is 4.69. The van der Waals surface area contributed by atoms with Crippen LogP contribution in [0.1, 0.15) is 31.1 Å². The number of ether oxygens (including phenoxy) is 1. The van der Waals surface area contributed by atoms with Gasteiger partial charge in [-0.2, -0.15) is 0 Å². The van der Waals surface area contributed by atoms with Gasteiger partial charge in [0.25, 0.3) is 5.56 Å². The van der Waals surface area contributed by atoms with E-state index in [9.17, 15) is 9.59 Å². The summed E-state index contributed by atoms with van der Waals surface area (Å²) in [6.07, 6.45) is 1.56. The van der Waals surface area contributed by atoms with E-state index >= 15 is 0 Å². The smallest absolute Gasteiger partial charge is 0.341 e. The van der Waals surface area contributed by atoms with Gasteiger partial charge in [-0.1, -0.05) is 0 Å². The number of carbonyl (C=O) groups is 1. The topological polar surface area (TPSA) is 68.5 Å². The molecule has 0 aliphatic carbocycles. The molecule has 0 unspecified atom stereocenters. The molecule has 0 atom stereocenters. The molecular formula is C12H17NO4. The van der Waals surface area contributed by atoms with E-state index in [1.807, 2.05) is 20.8 Å². The SMILES string of the molecule is CC(C)(C)OCCn1cccc(C(=O)O)c1=O. The molecule has 5 heteroatoms. The Kier molecular flexibility index (Phi) is 4.07. The quantitative estimate of drug-likeness (QED) is 0.861. The Morgan fingerprint density at radius 2 is 2.12 bits per heavy atom. The van der Waals surface area contributed by atoms with Crippen molar-refractivity contribution in [1.82, 2.24) is 4.57 Å². The summed E-state index contributed by atoms with van der Waals surface area (Å²) >= 11 is 0. The lowest BCUT2D eigenvalue weighted by Crippen LogP contribution is -2.29. The predicted octanol–water partition coefficient (Wildman–Crippen LogP) is 1.36. The molecule has 0 bridgehead atoms. The predicted molar refractivity (Wildman–Crippen MR) is 63.4 cm³/mol. The lowest BCUT2D eigenvalue weighted by molar-refractivity contribution is -0.00718. The number of hydrogen-bond donors (Lipinski definition) is 1. The van der Waals surface area contributed by atoms with E-state index < -0.39 is 11.5 Å². The summed E-state index contributed by atoms with van der Waals surface area (Å²) in [6, 6.07) is 2.84. The molecule has 0 fully saturated rings. The molecule has 0 aromatic carbocycles. The highest BCUT2D eigenvalue weighted by atomic mass is 16.5. The monoisotopic (exact) mass is 239 g/mol. The van der Waals surface area contributed by atoms with Crippen molar-refractivity contribution in [2.24, 2.45) is 0 Å². The van der Waals surface area contributed by atoms with E-state index in [0.717, 1.165) is 0 Å². The summed E-state index contributed by atoms with van der Waals surface area (Å²) in [5, 5.41) is 8.80. The maximum Gasteiger partial charge on any atom is 0.341 e. The lowest BCUT2D eigenvalue weighted by Gasteiger charge is -2.19. The first kappa shape index (κ1) is 13.4. The molecule has 0 amide bonds. The van der Waals surface area contributed by atoms with E-state index in [1.165, 1.54) is 10.6 Å². The molecule has 0 spiro atoms. The first-order chi connectivity index (χ1) is 7.81. The van der Waals surface area contributed by atoms with Gasteiger partial charge in [-0.3, -0.25) is 4.79 Å². The van der Waals surface area contributed by atoms with E-state index in [-0.39, 0.29) is 11.2 Å². The fourth-order valence-corrected chi connectivity index (χ4v) is 1.33. The van der Waals surface area contributed by atoms with Crippen LogP contribution in [0, 0.1) is 0 Å². The van der Waals surface area contributed by atoms with Crippen LogP contribution in [-0.2, 0) is 11.3 Å². The van der Waals surface area contributed by atoms with Gasteiger partial charge in [0.2, 0.25) is 0 Å². The second-order valence-electron chi connectivity index (χ2n) is 4.69. The van der Waals surface area contributed by atoms with Crippen LogP contribution in [0.25, 0.3) is 0 Å². The zero-order valence-electron chi connectivity index (χ0n) is 10.3. The lowest BCUT2D eigenvalue weighted by atomic mass is 10.2. The number of carboxylic acid groups (broad SMARTS) is 1. The Hall–Kier alpha value is -1.62. The van der Waals surface area contributed by atoms with Gasteiger partial charge in [0.1, 0.15) is 5.56 Å². The Morgan fingerprint density at radius 3 is 2.65 bits per heavy atom. The van der Waals surface area contributed by atoms with Crippen LogP contribution in [0.15, 0.2) is 23.1 Å². The fourth-order valence-electron chi connectivity index (χ4n) is 1.33. The fraction of sp³-hybridized carbons (Fsp3) is 0.500. The van der Waals surface area contributed by atoms with Crippen LogP contribution in [-0.4, -0.2) is 27.9 Å². The summed E-state index contributed by atoms with van der Waals surface area (Å²) < 4.78 is 6.82. The van der Waals surface area contributed by atoms with Crippen molar-refractivity contribution >= 4 is 5.97 Å². The van der Waals surface area contributed by atoms with Crippen molar-refractivity contribution in [2.75, 3.05) is 6.61 Å². The van der Waals surface area contributed by atoms with Crippen LogP contribution < -0.4 is 5.56 Å². The van der Waals surface area contributed by atoms with E-state index in [2.05, 4.69) is 0 Å². The Balaban J connectivity index is 2.76. The molecule has 1 N–H and O–H groups in total. The number of aromatic carboxylic acids is 1. The number of carboxylic acids is 1. The maximum absolute atomic E-state index is 11.7. The minimum Gasteiger partial charge on any atom is -0.477 e. The van der Waals surface area contributed by atoms with Crippen molar-refractivity contribution < 1.29 is 14.6 Å². The van der Waals surface area contributed by atoms with E-state index in [0.29, 0.717) is 13.2 Å². The van der Waals surface area contributed by atoms with Crippen molar-refractivity contribution in [1.29, 1.82) is 0 Å². The Bertz CT molecular complexity index is 456. The minimum atomic E-state index is -1.21. The normalized spacial score (nSPS) is 11.5. The standard InChI is InChI=1S/C12H17NO4/c1-12(2,3)17-8-7-13-6-4-5-9(10(13)14)11(15)16/h4-6H,7-8H2,1-3H3,(H,15,16). The van der Waals surface area contributed by atoms with Gasteiger partial charge >= 0.3 is 5.97 Å². The van der Waals surface area contributed by atoms with Crippen LogP contribution in [0.2, 0.25) is 0 Å². The zero-order chi connectivity index (χ0) is 13.1. The van der Waals surface area contributed by atoms with E-state index in [1.54, 1.807) is 12.3 Å². The van der Waals surface area contributed by atoms with Crippen molar-refractivity contribution in [2.45, 2.75) is 32.9 Å². The molecule has 1 heterocycles. The summed E-state index contributed by atoms with van der Waals surface area (Å²) in [5.74, 6) is -1.21. The molecule has 1 aromatic rings. The van der Waals surface area contributed by atoms with Gasteiger partial charge in [-0.15, -0.1) is 0 Å². The third kappa shape index (κ3) is 4.03. The van der Waals surface area contributed by atoms with Gasteiger partial charge in [-0.25, -0.2) is 4.79 Å². The van der Waals surface area contributed by atoms with Crippen LogP contribution in [0.5, 0.6) is 0 Å². The van der Waals surface area contributed by atoms with Crippen molar-refractivity contribution in [3.63, 3.8) is 0 Å². The largest absolute Gasteiger partial charge is 0.477 e. The van der Waals surface area contributed by atoms with Crippen LogP contribution in [0.4, 0.5) is 0 Å². The van der Waals surface area contributed by atoms with Gasteiger partial charge in [0, 0.05) is 12.7 Å². The molecule has 1 rings (SSSR count). The Labute approximate surface area is 99.6 Å². The molecule has 0 saturated carbocycles. The molecule has 5 nitrogen and oxygen atoms in total. The molecule has 1 aromatic heterocycles. The number of aromatic nitrogens is 1. The highest BCUT2D eigenvalue weighted by molar-refractivity contribution is 5.86. The molecule has 0 aliphatic rings. The first-order valence-corrected chi connectivity index (χ1v) is 5.38. The zero-order valence-corrected chi connectivity index (χ0v) is 10.3. The third-order valence-corrected chi connectivity index (χ3v) is 2.12. The molecule has 94 valence electrons. The number of hydrogen-bond acceptors (Lipinski definition) is 3. The highest BCUT2D eigenvalue weighted by Gasteiger charge is 2.12. The first-order valence-electron chi connectivity index (χ1n) is 5.38. The maximum atomic E-state index is 11.7. The average molecular weight is 239 g/mol. The molecular weight excluding hydrogens is 222 g/mol. The third-order valence-electron chi connectivity index (χ3n) is 2.12. The summed E-state index contributed by atoms with van der Waals surface area (Å²) in [4.78, 5) is 22.5. The molecule has 0 radical (unpaired) electrons. The molecule has 17 heavy (non-hydrogen) atoms. The van der Waals surface area contributed by atoms with Gasteiger partial charge in [0.15, 0.2) is 0 Å². The van der Waals surface area contributed by atoms with Crippen molar-refractivity contribution in [3.8, 4) is 0 Å². The number of rotatable bonds is 4. The second kappa shape index (κ2) is 5.14. The summed E-state index contributed by atoms with van der Waals surface area (Å²) in [7, 11) is 0. The van der Waals surface area contributed by atoms with Crippen LogP contribution in [0.3, 0.4) is 0 Å². The number of pyridine rings is 1. The van der Waals surface area contributed by atoms with Gasteiger partial charge in [-0.05, 0) is 32.9 Å². The number of nitrogens with zero attached hydrogens (tertiary/aromatic N) is 1. The summed E-state index contributed by atoms with van der Waals surface area (Å²) in [6.45, 7) is 6.47. The Morgan fingerprint density at radius 1 is 1.47 bits per heavy atom. The average Bonchev–Trinajstić information content (AvgIpc) is 2.18. The van der Waals surface area contributed by atoms with Gasteiger partial charge < -0.3 is 14.4 Å². The van der Waals surface area contributed by atoms with Gasteiger partial charge in [0.05, 0.1) is 12.2 Å². The van der Waals surface area contributed by atoms with E-state index in [4.69, 9.17) is 9.84 Å². The molecule has 0 saturated heterocycles. The minimum absolute atomic E-state index is 0.219. The van der Waals surface area contributed by atoms with Crippen molar-refractivity contribution in [3.05, 3.63) is 34.2 Å². The highest BCUT2D eigenvalue weighted by Crippen LogP contribution is 2.06. The summed E-state index contributed by atoms with van der Waals surface area (Å²) in [5.41, 5.74) is -0.991. The molecule has 0 aliphatic heterocycles.